The van der Waals surface area contributed by atoms with Gasteiger partial charge in [0.25, 0.3) is 0 Å². The average Bonchev–Trinajstić information content (AvgIpc) is 3.18. The van der Waals surface area contributed by atoms with Gasteiger partial charge in [-0.1, -0.05) is 18.2 Å². The first kappa shape index (κ1) is 16.1. The summed E-state index contributed by atoms with van der Waals surface area (Å²) in [5, 5.41) is 2.87. The molecule has 1 amide bonds. The minimum Gasteiger partial charge on any atom is -0.350 e. The van der Waals surface area contributed by atoms with E-state index in [1.165, 1.54) is 0 Å². The summed E-state index contributed by atoms with van der Waals surface area (Å²) >= 11 is 0. The van der Waals surface area contributed by atoms with E-state index >= 15 is 0 Å². The van der Waals surface area contributed by atoms with Crippen LogP contribution >= 0.6 is 0 Å². The summed E-state index contributed by atoms with van der Waals surface area (Å²) in [7, 11) is 1.74. The van der Waals surface area contributed by atoms with E-state index in [0.717, 1.165) is 22.4 Å². The van der Waals surface area contributed by atoms with Crippen molar-refractivity contribution in [3.63, 3.8) is 0 Å². The van der Waals surface area contributed by atoms with Crippen LogP contribution in [0.2, 0.25) is 0 Å². The summed E-state index contributed by atoms with van der Waals surface area (Å²) in [6.45, 7) is 0.710. The molecule has 7 heteroatoms. The zero-order valence-electron chi connectivity index (χ0n) is 14.4. The Balaban J connectivity index is 1.41. The van der Waals surface area contributed by atoms with Crippen LogP contribution in [0, 0.1) is 0 Å². The van der Waals surface area contributed by atoms with Gasteiger partial charge in [0.15, 0.2) is 0 Å². The second-order valence-corrected chi connectivity index (χ2v) is 6.21. The van der Waals surface area contributed by atoms with E-state index in [9.17, 15) is 9.59 Å². The predicted octanol–water partition coefficient (Wildman–Crippen LogP) is 1.69. The number of carbonyl (C=O) groups excluding carboxylic acids is 1. The van der Waals surface area contributed by atoms with E-state index < -0.39 is 0 Å². The quantitative estimate of drug-likeness (QED) is 0.596. The zero-order chi connectivity index (χ0) is 18.1. The summed E-state index contributed by atoms with van der Waals surface area (Å²) in [4.78, 5) is 29.0. The molecule has 0 saturated heterocycles. The summed E-state index contributed by atoms with van der Waals surface area (Å²) in [5.74, 6) is -0.109. The number of hydrogen-bond donors (Lipinski definition) is 1. The van der Waals surface area contributed by atoms with Crippen LogP contribution in [0.4, 0.5) is 0 Å². The van der Waals surface area contributed by atoms with Crippen LogP contribution in [-0.4, -0.2) is 24.4 Å². The number of imidazole rings is 2. The molecule has 26 heavy (non-hydrogen) atoms. The van der Waals surface area contributed by atoms with Gasteiger partial charge in [-0.05, 0) is 24.3 Å². The van der Waals surface area contributed by atoms with E-state index in [2.05, 4.69) is 10.3 Å². The molecule has 0 saturated carbocycles. The highest BCUT2D eigenvalue weighted by Gasteiger charge is 2.11. The third kappa shape index (κ3) is 2.88. The number of benzene rings is 1. The molecule has 0 unspecified atom stereocenters. The molecule has 4 aromatic rings. The molecule has 132 valence electrons. The van der Waals surface area contributed by atoms with E-state index in [1.807, 2.05) is 59.3 Å². The number of para-hydroxylation sites is 2. The number of aromatic nitrogens is 4. The lowest BCUT2D eigenvalue weighted by molar-refractivity contribution is -0.121. The molecule has 1 aromatic carbocycles. The highest BCUT2D eigenvalue weighted by atomic mass is 16.2. The van der Waals surface area contributed by atoms with Gasteiger partial charge >= 0.3 is 5.69 Å². The molecular weight excluding hydrogens is 330 g/mol. The van der Waals surface area contributed by atoms with E-state index in [-0.39, 0.29) is 18.0 Å². The van der Waals surface area contributed by atoms with Crippen LogP contribution in [0.5, 0.6) is 0 Å². The Hall–Kier alpha value is -3.35. The number of aryl methyl sites for hydroxylation is 2. The maximum atomic E-state index is 12.4. The SMILES string of the molecule is Cn1c(=O)n(CCC(=O)NCc2cn3ccccc3n2)c2ccccc21. The molecule has 0 aliphatic carbocycles. The van der Waals surface area contributed by atoms with Crippen molar-refractivity contribution in [1.82, 2.24) is 23.8 Å². The molecule has 4 rings (SSSR count). The highest BCUT2D eigenvalue weighted by molar-refractivity contribution is 5.77. The smallest absolute Gasteiger partial charge is 0.328 e. The van der Waals surface area contributed by atoms with Gasteiger partial charge in [0, 0.05) is 32.4 Å². The average molecular weight is 349 g/mol. The van der Waals surface area contributed by atoms with Crippen molar-refractivity contribution in [2.24, 2.45) is 7.05 Å². The second kappa shape index (κ2) is 6.51. The molecule has 0 aliphatic heterocycles. The lowest BCUT2D eigenvalue weighted by Gasteiger charge is -2.05. The minimum absolute atomic E-state index is 0.109. The Morgan fingerprint density at radius 3 is 2.69 bits per heavy atom. The van der Waals surface area contributed by atoms with Crippen molar-refractivity contribution < 1.29 is 4.79 Å². The lowest BCUT2D eigenvalue weighted by Crippen LogP contribution is -2.27. The van der Waals surface area contributed by atoms with Gasteiger partial charge in [0.1, 0.15) is 5.65 Å². The largest absolute Gasteiger partial charge is 0.350 e. The van der Waals surface area contributed by atoms with Crippen LogP contribution in [-0.2, 0) is 24.9 Å². The number of rotatable bonds is 5. The molecule has 0 atom stereocenters. The van der Waals surface area contributed by atoms with Crippen molar-refractivity contribution in [1.29, 1.82) is 0 Å². The Labute approximate surface area is 149 Å². The molecule has 1 N–H and O–H groups in total. The topological polar surface area (TPSA) is 73.3 Å². The van der Waals surface area contributed by atoms with E-state index in [4.69, 9.17) is 0 Å². The molecule has 0 spiro atoms. The van der Waals surface area contributed by atoms with Crippen LogP contribution in [0.3, 0.4) is 0 Å². The Morgan fingerprint density at radius 2 is 1.88 bits per heavy atom. The Kier molecular flexibility index (Phi) is 4.04. The summed E-state index contributed by atoms with van der Waals surface area (Å²) < 4.78 is 5.15. The normalized spacial score (nSPS) is 11.3. The first-order valence-corrected chi connectivity index (χ1v) is 8.47. The standard InChI is InChI=1S/C19H19N5O2/c1-22-15-6-2-3-7-16(15)24(19(22)26)11-9-18(25)20-12-14-13-23-10-5-4-8-17(23)21-14/h2-8,10,13H,9,11-12H2,1H3,(H,20,25). The molecule has 0 fully saturated rings. The fraction of sp³-hybridized carbons (Fsp3) is 0.211. The third-order valence-electron chi connectivity index (χ3n) is 4.49. The van der Waals surface area contributed by atoms with Gasteiger partial charge in [-0.2, -0.15) is 0 Å². The van der Waals surface area contributed by atoms with Crippen molar-refractivity contribution in [3.8, 4) is 0 Å². The van der Waals surface area contributed by atoms with Gasteiger partial charge in [-0.25, -0.2) is 9.78 Å². The molecule has 0 bridgehead atoms. The Bertz CT molecular complexity index is 1120. The van der Waals surface area contributed by atoms with Gasteiger partial charge in [0.2, 0.25) is 5.91 Å². The van der Waals surface area contributed by atoms with Crippen molar-refractivity contribution in [3.05, 3.63) is 71.0 Å². The fourth-order valence-electron chi connectivity index (χ4n) is 3.14. The molecule has 0 aliphatic rings. The van der Waals surface area contributed by atoms with Crippen molar-refractivity contribution >= 4 is 22.6 Å². The van der Waals surface area contributed by atoms with Crippen LogP contribution in [0.25, 0.3) is 16.7 Å². The highest BCUT2D eigenvalue weighted by Crippen LogP contribution is 2.11. The van der Waals surface area contributed by atoms with Gasteiger partial charge < -0.3 is 9.72 Å². The first-order valence-electron chi connectivity index (χ1n) is 8.47. The minimum atomic E-state index is -0.112. The number of nitrogens with zero attached hydrogens (tertiary/aromatic N) is 4. The van der Waals surface area contributed by atoms with Gasteiger partial charge in [0.05, 0.1) is 23.3 Å². The predicted molar refractivity (Wildman–Crippen MR) is 98.8 cm³/mol. The van der Waals surface area contributed by atoms with Gasteiger partial charge in [-0.3, -0.25) is 13.9 Å². The number of fused-ring (bicyclic) bond motifs is 2. The van der Waals surface area contributed by atoms with Crippen LogP contribution < -0.4 is 11.0 Å². The Morgan fingerprint density at radius 1 is 1.12 bits per heavy atom. The second-order valence-electron chi connectivity index (χ2n) is 6.21. The molecule has 3 heterocycles. The summed E-state index contributed by atoms with van der Waals surface area (Å²) in [5.41, 5.74) is 3.24. The summed E-state index contributed by atoms with van der Waals surface area (Å²) in [6, 6.07) is 13.3. The molecule has 3 aromatic heterocycles. The number of pyridine rings is 1. The van der Waals surface area contributed by atoms with E-state index in [0.29, 0.717) is 13.1 Å². The third-order valence-corrected chi connectivity index (χ3v) is 4.49. The number of amides is 1. The number of nitrogens with one attached hydrogen (secondary N) is 1. The maximum Gasteiger partial charge on any atom is 0.328 e. The van der Waals surface area contributed by atoms with Gasteiger partial charge in [-0.15, -0.1) is 0 Å². The number of hydrogen-bond acceptors (Lipinski definition) is 3. The fourth-order valence-corrected chi connectivity index (χ4v) is 3.14. The lowest BCUT2D eigenvalue weighted by atomic mass is 10.3. The maximum absolute atomic E-state index is 12.4. The zero-order valence-corrected chi connectivity index (χ0v) is 14.4. The number of carbonyl (C=O) groups is 1. The van der Waals surface area contributed by atoms with Crippen molar-refractivity contribution in [2.45, 2.75) is 19.5 Å². The van der Waals surface area contributed by atoms with E-state index in [1.54, 1.807) is 16.2 Å². The first-order chi connectivity index (χ1) is 12.6. The van der Waals surface area contributed by atoms with Crippen molar-refractivity contribution in [2.75, 3.05) is 0 Å². The van der Waals surface area contributed by atoms with Crippen LogP contribution in [0.1, 0.15) is 12.1 Å². The molecule has 0 radical (unpaired) electrons. The monoisotopic (exact) mass is 349 g/mol. The van der Waals surface area contributed by atoms with Crippen LogP contribution in [0.15, 0.2) is 59.7 Å². The molecule has 7 nitrogen and oxygen atoms in total. The molecular formula is C19H19N5O2. The summed E-state index contributed by atoms with van der Waals surface area (Å²) in [6.07, 6.45) is 4.05.